The highest BCUT2D eigenvalue weighted by molar-refractivity contribution is 7.33. The van der Waals surface area contributed by atoms with E-state index in [0.717, 1.165) is 34.1 Å². The van der Waals surface area contributed by atoms with Crippen LogP contribution in [0.25, 0.3) is 21.2 Å². The van der Waals surface area contributed by atoms with Gasteiger partial charge in [-0.15, -0.1) is 11.3 Å². The Labute approximate surface area is 540 Å². The fourth-order valence-electron chi connectivity index (χ4n) is 14.2. The van der Waals surface area contributed by atoms with Gasteiger partial charge in [0.1, 0.15) is 0 Å². The monoisotopic (exact) mass is 1200 g/mol. The van der Waals surface area contributed by atoms with E-state index in [-0.39, 0.29) is 28.4 Å². The number of para-hydroxylation sites is 1. The largest absolute Gasteiger partial charge is 0.311 e. The van der Waals surface area contributed by atoms with Gasteiger partial charge in [-0.1, -0.05) is 271 Å². The lowest BCUT2D eigenvalue weighted by molar-refractivity contribution is 0.590. The molecule has 0 saturated carbocycles. The molecule has 444 valence electrons. The second-order valence-corrected chi connectivity index (χ2v) is 33.9. The predicted octanol–water partition coefficient (Wildman–Crippen LogP) is 18.7. The second-order valence-electron chi connectivity index (χ2n) is 29.0. The van der Waals surface area contributed by atoms with E-state index in [1.807, 2.05) is 11.3 Å². The first-order valence-corrected chi connectivity index (χ1v) is 34.9. The topological polar surface area (TPSA) is 9.72 Å². The lowest BCUT2D eigenvalue weighted by Crippen LogP contribution is -2.75. The van der Waals surface area contributed by atoms with Crippen molar-refractivity contribution in [3.05, 3.63) is 289 Å². The van der Waals surface area contributed by atoms with Gasteiger partial charge in [0.05, 0.1) is 11.4 Å². The van der Waals surface area contributed by atoms with Crippen LogP contribution < -0.4 is 51.1 Å². The number of anilines is 9. The minimum atomic E-state index is -3.24. The third kappa shape index (κ3) is 10.1. The number of rotatable bonds is 10. The van der Waals surface area contributed by atoms with Crippen molar-refractivity contribution in [2.45, 2.75) is 105 Å². The highest BCUT2D eigenvalue weighted by Crippen LogP contribution is 2.51. The number of fused-ring (bicyclic) bond motifs is 6. The molecule has 0 atom stereocenters. The summed E-state index contributed by atoms with van der Waals surface area (Å²) in [7, 11) is -3.24. The van der Waals surface area contributed by atoms with Gasteiger partial charge in [0.15, 0.2) is 8.07 Å². The molecule has 3 nitrogen and oxygen atoms in total. The van der Waals surface area contributed by atoms with Gasteiger partial charge in [-0.25, -0.2) is 0 Å². The van der Waals surface area contributed by atoms with Crippen LogP contribution in [-0.2, 0) is 21.7 Å². The van der Waals surface area contributed by atoms with Crippen LogP contribution in [0.3, 0.4) is 0 Å². The zero-order chi connectivity index (χ0) is 62.5. The smallest absolute Gasteiger partial charge is 0.264 e. The Bertz CT molecular complexity index is 4450. The first kappa shape index (κ1) is 58.7. The summed E-state index contributed by atoms with van der Waals surface area (Å²) in [6, 6.07) is 103. The van der Waals surface area contributed by atoms with Crippen molar-refractivity contribution in [1.29, 1.82) is 0 Å². The van der Waals surface area contributed by atoms with Crippen molar-refractivity contribution >= 4 is 124 Å². The summed E-state index contributed by atoms with van der Waals surface area (Å²) in [4.78, 5) is 7.86. The van der Waals surface area contributed by atoms with Crippen LogP contribution >= 0.6 is 11.3 Å². The molecule has 0 spiro atoms. The van der Waals surface area contributed by atoms with Crippen molar-refractivity contribution in [3.63, 3.8) is 0 Å². The van der Waals surface area contributed by atoms with Crippen LogP contribution in [0.1, 0.15) is 105 Å². The van der Waals surface area contributed by atoms with Gasteiger partial charge in [0.2, 0.25) is 0 Å². The summed E-state index contributed by atoms with van der Waals surface area (Å²) >= 11 is 1.97. The molecule has 0 radical (unpaired) electrons. The number of hydrogen-bond donors (Lipinski definition) is 0. The molecule has 0 aliphatic carbocycles. The fraction of sp³-hybridized carbons (Fsp3) is 0.190. The number of nitrogens with zero attached hydrogens (tertiary/aromatic N) is 3. The second kappa shape index (κ2) is 22.2. The highest BCUT2D eigenvalue weighted by Gasteiger charge is 2.49. The number of benzene rings is 11. The lowest BCUT2D eigenvalue weighted by atomic mass is 9.36. The molecule has 12 aromatic rings. The average molecular weight is 1200 g/mol. The Kier molecular flexibility index (Phi) is 14.5. The third-order valence-electron chi connectivity index (χ3n) is 19.0. The molecule has 1 aromatic heterocycles. The van der Waals surface area contributed by atoms with Crippen molar-refractivity contribution in [3.8, 4) is 11.1 Å². The van der Waals surface area contributed by atoms with Crippen molar-refractivity contribution in [2.75, 3.05) is 14.7 Å². The lowest BCUT2D eigenvalue weighted by Gasteiger charge is -2.45. The quantitative estimate of drug-likeness (QED) is 0.0998. The van der Waals surface area contributed by atoms with E-state index in [9.17, 15) is 0 Å². The zero-order valence-corrected chi connectivity index (χ0v) is 56.0. The summed E-state index contributed by atoms with van der Waals surface area (Å²) in [5.74, 6) is 0. The molecular formula is C84H80BN3SSi. The van der Waals surface area contributed by atoms with Gasteiger partial charge < -0.3 is 14.7 Å². The Morgan fingerprint density at radius 1 is 0.356 bits per heavy atom. The molecular weight excluding hydrogens is 1120 g/mol. The first-order valence-electron chi connectivity index (χ1n) is 32.1. The van der Waals surface area contributed by atoms with Gasteiger partial charge in [0, 0.05) is 60.2 Å². The first-order chi connectivity index (χ1) is 43.2. The average Bonchev–Trinajstić information content (AvgIpc) is 1.17. The fourth-order valence-corrected chi connectivity index (χ4v) is 20.3. The number of thiophene rings is 1. The molecule has 3 heterocycles. The molecule has 0 saturated heterocycles. The SMILES string of the molecule is CC(C)(C)c1ccc(N(c2ccc(C(C)(C)C)cc2)c2ccc3c(c2)N(c2ccccc2-c2ccccc2)c2cc([Si](c4ccccc4)(c4ccccc4)c4ccccc4)cc4c2B3c2sc3ccc(C(C)(C)C)cc3c2N4c2ccc(C(C)(C)C)cc2)cc1. The Hall–Kier alpha value is -8.94. The highest BCUT2D eigenvalue weighted by atomic mass is 32.1. The van der Waals surface area contributed by atoms with Crippen LogP contribution in [0.2, 0.25) is 0 Å². The summed E-state index contributed by atoms with van der Waals surface area (Å²) < 4.78 is 2.65. The molecule has 2 aliphatic heterocycles. The maximum atomic E-state index is 2.69. The Morgan fingerprint density at radius 3 is 1.29 bits per heavy atom. The minimum Gasteiger partial charge on any atom is -0.311 e. The molecule has 6 heteroatoms. The van der Waals surface area contributed by atoms with Crippen LogP contribution in [0.4, 0.5) is 51.2 Å². The van der Waals surface area contributed by atoms with Crippen LogP contribution in [0, 0.1) is 0 Å². The van der Waals surface area contributed by atoms with E-state index in [1.165, 1.54) is 97.0 Å². The molecule has 0 fully saturated rings. The molecule has 0 unspecified atom stereocenters. The Morgan fingerprint density at radius 2 is 0.789 bits per heavy atom. The molecule has 90 heavy (non-hydrogen) atoms. The van der Waals surface area contributed by atoms with Gasteiger partial charge in [0.25, 0.3) is 6.71 Å². The van der Waals surface area contributed by atoms with Gasteiger partial charge in [-0.3, -0.25) is 0 Å². The van der Waals surface area contributed by atoms with E-state index in [1.54, 1.807) is 0 Å². The molecule has 14 rings (SSSR count). The molecule has 11 aromatic carbocycles. The summed E-state index contributed by atoms with van der Waals surface area (Å²) in [5.41, 5.74) is 20.4. The maximum absolute atomic E-state index is 3.24. The van der Waals surface area contributed by atoms with Crippen LogP contribution in [0.5, 0.6) is 0 Å². The predicted molar refractivity (Wildman–Crippen MR) is 394 cm³/mol. The van der Waals surface area contributed by atoms with Crippen LogP contribution in [0.15, 0.2) is 267 Å². The molecule has 2 aliphatic rings. The van der Waals surface area contributed by atoms with Crippen molar-refractivity contribution < 1.29 is 0 Å². The van der Waals surface area contributed by atoms with Crippen LogP contribution in [-0.4, -0.2) is 14.8 Å². The molecule has 0 N–H and O–H groups in total. The minimum absolute atomic E-state index is 0.00548. The van der Waals surface area contributed by atoms with Crippen molar-refractivity contribution in [1.82, 2.24) is 0 Å². The maximum Gasteiger partial charge on any atom is 0.264 e. The van der Waals surface area contributed by atoms with E-state index in [0.29, 0.717) is 0 Å². The molecule has 0 amide bonds. The Balaban J connectivity index is 1.16. The standard InChI is InChI=1S/C84H80BN3SSi/c1-81(2,3)58-37-44-62(45-38-58)86(63-46-39-59(40-47-63)82(4,5)6)65-50-51-72-74(54-65)88(73-36-26-25-35-70(73)57-27-17-13-18-28-57)76-56-69(90(66-29-19-14-20-30-66,67-31-21-15-22-32-67)68-33-23-16-24-34-68)55-75-78(76)85(72)80-79(71-53-61(84(10,11)12)43-52-77(71)89-80)87(75)64-48-41-60(42-49-64)83(7,8)9/h13-56H,1-12H3. The number of hydrogen-bond acceptors (Lipinski definition) is 4. The van der Waals surface area contributed by atoms with Gasteiger partial charge in [-0.05, 0) is 160 Å². The van der Waals surface area contributed by atoms with E-state index in [2.05, 4.69) is 365 Å². The summed E-state index contributed by atoms with van der Waals surface area (Å²) in [5, 5.41) is 6.60. The van der Waals surface area contributed by atoms with E-state index >= 15 is 0 Å². The summed E-state index contributed by atoms with van der Waals surface area (Å²) in [6.07, 6.45) is 0. The summed E-state index contributed by atoms with van der Waals surface area (Å²) in [6.45, 7) is 27.7. The zero-order valence-electron chi connectivity index (χ0n) is 54.2. The van der Waals surface area contributed by atoms with E-state index < -0.39 is 8.07 Å². The van der Waals surface area contributed by atoms with Gasteiger partial charge in [-0.2, -0.15) is 0 Å². The van der Waals surface area contributed by atoms with E-state index in [4.69, 9.17) is 0 Å². The molecule has 0 bridgehead atoms. The van der Waals surface area contributed by atoms with Crippen molar-refractivity contribution in [2.24, 2.45) is 0 Å². The third-order valence-corrected chi connectivity index (χ3v) is 25.0. The normalized spacial score (nSPS) is 13.3. The van der Waals surface area contributed by atoms with Gasteiger partial charge >= 0.3 is 0 Å².